The van der Waals surface area contributed by atoms with Crippen LogP contribution in [0.4, 0.5) is 0 Å². The normalized spacial score (nSPS) is 11.2. The summed E-state index contributed by atoms with van der Waals surface area (Å²) in [7, 11) is -4.94. The molecule has 4 aromatic heterocycles. The van der Waals surface area contributed by atoms with Gasteiger partial charge in [-0.25, -0.2) is 18.6 Å². The molecule has 0 fully saturated rings. The molecule has 0 atom stereocenters. The number of hydrogen-bond acceptors (Lipinski definition) is 7. The maximum atomic E-state index is 8.49. The van der Waals surface area contributed by atoms with E-state index in [1.165, 1.54) is 10.4 Å². The van der Waals surface area contributed by atoms with Gasteiger partial charge in [0.25, 0.3) is 9.75 Å². The summed E-state index contributed by atoms with van der Waals surface area (Å²) in [4.78, 5) is 3.45. The van der Waals surface area contributed by atoms with Crippen LogP contribution in [0.5, 0.6) is 0 Å². The minimum absolute atomic E-state index is 0.899. The van der Waals surface area contributed by atoms with Crippen molar-refractivity contribution in [3.05, 3.63) is 65.4 Å². The maximum Gasteiger partial charge on any atom is 0.274 e. The minimum Gasteiger partial charge on any atom is -0.456 e. The van der Waals surface area contributed by atoms with E-state index in [9.17, 15) is 0 Å². The summed E-state index contributed by atoms with van der Waals surface area (Å²) in [5.41, 5.74) is 1.19. The molecule has 9 heteroatoms. The Balaban J connectivity index is 0.000000403. The molecule has 0 N–H and O–H groups in total. The number of hydrogen-bond donors (Lipinski definition) is 0. The van der Waals surface area contributed by atoms with Crippen molar-refractivity contribution in [3.8, 4) is 31.7 Å². The lowest BCUT2D eigenvalue weighted by Gasteiger charge is -2.17. The van der Waals surface area contributed by atoms with Crippen LogP contribution in [0.1, 0.15) is 11.5 Å². The van der Waals surface area contributed by atoms with Crippen LogP contribution >= 0.6 is 22.7 Å². The van der Waals surface area contributed by atoms with Gasteiger partial charge in [0.1, 0.15) is 11.5 Å². The van der Waals surface area contributed by atoms with Gasteiger partial charge in [-0.1, -0.05) is 6.07 Å². The molecule has 0 bridgehead atoms. The molecule has 0 aromatic carbocycles. The number of aryl methyl sites for hydroxylation is 2. The number of rotatable bonds is 3. The van der Waals surface area contributed by atoms with Gasteiger partial charge in [-0.3, -0.25) is 0 Å². The third-order valence-electron chi connectivity index (χ3n) is 3.57. The highest BCUT2D eigenvalue weighted by Gasteiger charge is 2.23. The van der Waals surface area contributed by atoms with E-state index in [2.05, 4.69) is 29.6 Å². The van der Waals surface area contributed by atoms with Gasteiger partial charge in [-0.05, 0) is 49.6 Å². The van der Waals surface area contributed by atoms with Gasteiger partial charge < -0.3 is 8.83 Å². The molecule has 4 heterocycles. The summed E-state index contributed by atoms with van der Waals surface area (Å²) >= 11 is 3.42. The smallest absolute Gasteiger partial charge is 0.274 e. The van der Waals surface area contributed by atoms with E-state index in [1.54, 1.807) is 22.7 Å². The molecular formula is C19H15ClO6S2. The molecule has 0 aliphatic rings. The highest BCUT2D eigenvalue weighted by atomic mass is 35.7. The van der Waals surface area contributed by atoms with Crippen LogP contribution in [0.2, 0.25) is 0 Å². The lowest BCUT2D eigenvalue weighted by atomic mass is 10.2. The number of halogens is 1. The van der Waals surface area contributed by atoms with Crippen molar-refractivity contribution < 1.29 is 37.7 Å². The number of furan rings is 2. The minimum atomic E-state index is -4.94. The number of thiophene rings is 1. The molecule has 0 saturated carbocycles. The molecule has 6 nitrogen and oxygen atoms in total. The van der Waals surface area contributed by atoms with Gasteiger partial charge >= 0.3 is 0 Å². The lowest BCUT2D eigenvalue weighted by molar-refractivity contribution is -2.00. The van der Waals surface area contributed by atoms with Crippen LogP contribution < -0.4 is 18.6 Å². The summed E-state index contributed by atoms with van der Waals surface area (Å²) in [6.07, 6.45) is 0. The highest BCUT2D eigenvalue weighted by Crippen LogP contribution is 2.39. The fraction of sp³-hybridized carbons (Fsp3) is 0.105. The van der Waals surface area contributed by atoms with Crippen molar-refractivity contribution in [1.82, 2.24) is 0 Å². The Morgan fingerprint density at radius 3 is 1.68 bits per heavy atom. The van der Waals surface area contributed by atoms with Gasteiger partial charge in [0.2, 0.25) is 11.3 Å². The molecule has 0 unspecified atom stereocenters. The third-order valence-corrected chi connectivity index (χ3v) is 5.56. The Hall–Kier alpha value is -2.04. The van der Waals surface area contributed by atoms with Gasteiger partial charge in [0.05, 0.1) is 0 Å². The molecule has 0 amide bonds. The van der Waals surface area contributed by atoms with Crippen molar-refractivity contribution in [1.29, 1.82) is 0 Å². The second-order valence-corrected chi connectivity index (χ2v) is 8.54. The first-order chi connectivity index (χ1) is 13.2. The van der Waals surface area contributed by atoms with E-state index in [-0.39, 0.29) is 0 Å². The first-order valence-electron chi connectivity index (χ1n) is 7.96. The van der Waals surface area contributed by atoms with E-state index in [0.29, 0.717) is 0 Å². The van der Waals surface area contributed by atoms with Crippen LogP contribution in [0.15, 0.2) is 62.7 Å². The largest absolute Gasteiger partial charge is 0.456 e. The molecule has 0 aliphatic carbocycles. The second kappa shape index (κ2) is 8.54. The van der Waals surface area contributed by atoms with E-state index >= 15 is 0 Å². The zero-order valence-electron chi connectivity index (χ0n) is 14.8. The maximum absolute atomic E-state index is 8.49. The van der Waals surface area contributed by atoms with Crippen LogP contribution in [0, 0.1) is 24.1 Å². The fourth-order valence-electron chi connectivity index (χ4n) is 2.46. The zero-order chi connectivity index (χ0) is 20.3. The Bertz CT molecular complexity index is 982. The predicted octanol–water partition coefficient (Wildman–Crippen LogP) is 2.14. The van der Waals surface area contributed by atoms with Gasteiger partial charge in [0, 0.05) is 22.6 Å². The molecule has 0 aliphatic heterocycles. The van der Waals surface area contributed by atoms with Crippen molar-refractivity contribution in [3.63, 3.8) is 0 Å². The monoisotopic (exact) mass is 438 g/mol. The van der Waals surface area contributed by atoms with E-state index in [0.717, 1.165) is 32.8 Å². The quantitative estimate of drug-likeness (QED) is 0.452. The SMILES string of the molecule is Cc1ccc(-c2cc(-c3cccs3)cc(-c3ccc(C)o3)[s+]2)o1.[O-][Cl+3]([O-])([O-])[O-]. The van der Waals surface area contributed by atoms with Crippen LogP contribution in [0.3, 0.4) is 0 Å². The van der Waals surface area contributed by atoms with Crippen LogP contribution in [-0.2, 0) is 0 Å². The summed E-state index contributed by atoms with van der Waals surface area (Å²) in [6, 6.07) is 16.6. The van der Waals surface area contributed by atoms with E-state index < -0.39 is 10.2 Å². The average molecular weight is 439 g/mol. The fourth-order valence-corrected chi connectivity index (χ4v) is 4.21. The molecule has 4 rings (SSSR count). The average Bonchev–Trinajstić information content (AvgIpc) is 3.34. The second-order valence-electron chi connectivity index (χ2n) is 5.75. The standard InChI is InChI=1S/C19H15O2S2.ClHO4/c1-12-5-7-15(20-12)18-10-14(17-4-3-9-22-17)11-19(23-18)16-8-6-13(2)21-16;2-1(3,4)5/h3-11H,1-2H3;(H,2,3,4,5)/q+1;/p-1. The molecule has 28 heavy (non-hydrogen) atoms. The van der Waals surface area contributed by atoms with Crippen molar-refractivity contribution >= 4 is 22.7 Å². The van der Waals surface area contributed by atoms with Crippen molar-refractivity contribution in [2.75, 3.05) is 0 Å². The lowest BCUT2D eigenvalue weighted by Crippen LogP contribution is -2.68. The van der Waals surface area contributed by atoms with Gasteiger partial charge in [0.15, 0.2) is 11.5 Å². The third kappa shape index (κ3) is 5.73. The molecule has 0 spiro atoms. The molecule has 0 radical (unpaired) electrons. The summed E-state index contributed by atoms with van der Waals surface area (Å²) < 4.78 is 45.6. The van der Waals surface area contributed by atoms with Crippen molar-refractivity contribution in [2.24, 2.45) is 0 Å². The first kappa shape index (κ1) is 20.7. The molecule has 146 valence electrons. The zero-order valence-corrected chi connectivity index (χ0v) is 17.2. The summed E-state index contributed by atoms with van der Waals surface area (Å²) in [5, 5.41) is 2.10. The summed E-state index contributed by atoms with van der Waals surface area (Å²) in [6.45, 7) is 3.93. The van der Waals surface area contributed by atoms with E-state index in [1.807, 2.05) is 38.1 Å². The molecular weight excluding hydrogens is 424 g/mol. The van der Waals surface area contributed by atoms with Gasteiger partial charge in [-0.2, -0.15) is 0 Å². The Morgan fingerprint density at radius 1 is 0.821 bits per heavy atom. The van der Waals surface area contributed by atoms with Crippen LogP contribution in [-0.4, -0.2) is 0 Å². The summed E-state index contributed by atoms with van der Waals surface area (Å²) in [5.74, 6) is 3.64. The Labute approximate surface area is 171 Å². The Morgan fingerprint density at radius 2 is 1.32 bits per heavy atom. The predicted molar refractivity (Wildman–Crippen MR) is 96.9 cm³/mol. The van der Waals surface area contributed by atoms with E-state index in [4.69, 9.17) is 27.5 Å². The van der Waals surface area contributed by atoms with Crippen molar-refractivity contribution in [2.45, 2.75) is 13.8 Å². The Kier molecular flexibility index (Phi) is 6.31. The molecule has 0 saturated heterocycles. The molecule has 4 aromatic rings. The first-order valence-corrected chi connectivity index (χ1v) is 10.9. The van der Waals surface area contributed by atoms with Crippen LogP contribution in [0.25, 0.3) is 31.7 Å². The highest BCUT2D eigenvalue weighted by molar-refractivity contribution is 7.18. The topological polar surface area (TPSA) is 119 Å². The van der Waals surface area contributed by atoms with Gasteiger partial charge in [-0.15, -0.1) is 21.6 Å².